The van der Waals surface area contributed by atoms with Crippen molar-refractivity contribution in [2.45, 2.75) is 26.0 Å². The number of carbonyl (C=O) groups is 2. The van der Waals surface area contributed by atoms with Gasteiger partial charge in [-0.15, -0.1) is 11.8 Å². The quantitative estimate of drug-likeness (QED) is 0.860. The first-order chi connectivity index (χ1) is 8.40. The summed E-state index contributed by atoms with van der Waals surface area (Å²) in [7, 11) is 0. The second-order valence-electron chi connectivity index (χ2n) is 4.16. The van der Waals surface area contributed by atoms with Crippen molar-refractivity contribution in [3.8, 4) is 0 Å². The van der Waals surface area contributed by atoms with Crippen LogP contribution in [0.15, 0.2) is 18.2 Å². The van der Waals surface area contributed by atoms with Crippen LogP contribution in [0, 0.1) is 13.8 Å². The molecule has 98 valence electrons. The Bertz CT molecular complexity index is 460. The highest BCUT2D eigenvalue weighted by Gasteiger charge is 2.13. The van der Waals surface area contributed by atoms with Crippen molar-refractivity contribution >= 4 is 29.3 Å². The second-order valence-corrected chi connectivity index (χ2v) is 5.49. The topological polar surface area (TPSA) is 66.4 Å². The maximum absolute atomic E-state index is 11.7. The molecule has 4 nitrogen and oxygen atoms in total. The Morgan fingerprint density at radius 1 is 1.39 bits per heavy atom. The molecule has 1 rings (SSSR count). The summed E-state index contributed by atoms with van der Waals surface area (Å²) >= 11 is 1.11. The third-order valence-electron chi connectivity index (χ3n) is 2.48. The summed E-state index contributed by atoms with van der Waals surface area (Å²) in [5.74, 6) is -0.942. The van der Waals surface area contributed by atoms with Crippen LogP contribution in [0.4, 0.5) is 5.69 Å². The van der Waals surface area contributed by atoms with E-state index in [1.165, 1.54) is 0 Å². The molecule has 1 atom stereocenters. The monoisotopic (exact) mass is 267 g/mol. The Balaban J connectivity index is 2.54. The molecule has 0 aliphatic heterocycles. The summed E-state index contributed by atoms with van der Waals surface area (Å²) < 4.78 is 0. The number of nitrogens with one attached hydrogen (secondary N) is 1. The van der Waals surface area contributed by atoms with Crippen molar-refractivity contribution in [3.05, 3.63) is 29.3 Å². The van der Waals surface area contributed by atoms with Crippen molar-refractivity contribution in [1.29, 1.82) is 0 Å². The molecule has 1 aromatic carbocycles. The number of thioether (sulfide) groups is 1. The summed E-state index contributed by atoms with van der Waals surface area (Å²) in [5, 5.41) is 10.9. The molecule has 1 aromatic rings. The molecule has 0 saturated carbocycles. The van der Waals surface area contributed by atoms with Gasteiger partial charge in [0.2, 0.25) is 5.91 Å². The first kappa shape index (κ1) is 14.6. The highest BCUT2D eigenvalue weighted by Crippen LogP contribution is 2.17. The Morgan fingerprint density at radius 2 is 2.06 bits per heavy atom. The number of aliphatic carboxylic acids is 1. The minimum Gasteiger partial charge on any atom is -0.480 e. The Labute approximate surface area is 111 Å². The highest BCUT2D eigenvalue weighted by atomic mass is 32.2. The van der Waals surface area contributed by atoms with Crippen LogP contribution in [0.1, 0.15) is 18.1 Å². The van der Waals surface area contributed by atoms with Crippen LogP contribution in [0.25, 0.3) is 0 Å². The maximum Gasteiger partial charge on any atom is 0.316 e. The van der Waals surface area contributed by atoms with E-state index in [1.807, 2.05) is 32.0 Å². The zero-order valence-electron chi connectivity index (χ0n) is 10.7. The van der Waals surface area contributed by atoms with E-state index in [-0.39, 0.29) is 11.7 Å². The highest BCUT2D eigenvalue weighted by molar-refractivity contribution is 8.01. The van der Waals surface area contributed by atoms with Gasteiger partial charge in [0.15, 0.2) is 0 Å². The zero-order chi connectivity index (χ0) is 13.7. The molecule has 0 saturated heterocycles. The van der Waals surface area contributed by atoms with Gasteiger partial charge >= 0.3 is 5.97 Å². The number of hydrogen-bond acceptors (Lipinski definition) is 3. The molecule has 0 radical (unpaired) electrons. The van der Waals surface area contributed by atoms with Crippen LogP contribution < -0.4 is 5.32 Å². The van der Waals surface area contributed by atoms with Crippen molar-refractivity contribution in [1.82, 2.24) is 0 Å². The second kappa shape index (κ2) is 6.44. The molecule has 18 heavy (non-hydrogen) atoms. The molecule has 0 aliphatic rings. The van der Waals surface area contributed by atoms with E-state index < -0.39 is 11.2 Å². The average Bonchev–Trinajstić information content (AvgIpc) is 2.30. The lowest BCUT2D eigenvalue weighted by molar-refractivity contribution is -0.136. The number of aryl methyl sites for hydroxylation is 2. The number of carbonyl (C=O) groups excluding carboxylic acids is 1. The van der Waals surface area contributed by atoms with Crippen molar-refractivity contribution in [2.24, 2.45) is 0 Å². The van der Waals surface area contributed by atoms with Gasteiger partial charge in [-0.25, -0.2) is 0 Å². The Morgan fingerprint density at radius 3 is 2.67 bits per heavy atom. The first-order valence-electron chi connectivity index (χ1n) is 5.61. The van der Waals surface area contributed by atoms with E-state index in [0.29, 0.717) is 0 Å². The summed E-state index contributed by atoms with van der Waals surface area (Å²) in [6, 6.07) is 5.82. The van der Waals surface area contributed by atoms with Gasteiger partial charge in [-0.1, -0.05) is 12.1 Å². The number of carboxylic acids is 1. The fourth-order valence-electron chi connectivity index (χ4n) is 1.33. The number of benzene rings is 1. The smallest absolute Gasteiger partial charge is 0.316 e. The van der Waals surface area contributed by atoms with Gasteiger partial charge in [-0.2, -0.15) is 0 Å². The summed E-state index contributed by atoms with van der Waals surface area (Å²) in [5.41, 5.74) is 2.84. The normalized spacial score (nSPS) is 11.9. The summed E-state index contributed by atoms with van der Waals surface area (Å²) in [6.07, 6.45) is 0. The third-order valence-corrected chi connectivity index (χ3v) is 3.61. The standard InChI is InChI=1S/C13H17NO3S/c1-8-4-5-9(2)11(6-8)14-12(15)7-18-10(3)13(16)17/h4-6,10H,7H2,1-3H3,(H,14,15)(H,16,17). The van der Waals surface area contributed by atoms with Gasteiger partial charge in [0.1, 0.15) is 0 Å². The fraction of sp³-hybridized carbons (Fsp3) is 0.385. The van der Waals surface area contributed by atoms with Crippen LogP contribution in [0.2, 0.25) is 0 Å². The number of amides is 1. The third kappa shape index (κ3) is 4.41. The van der Waals surface area contributed by atoms with Gasteiger partial charge in [-0.3, -0.25) is 9.59 Å². The van der Waals surface area contributed by atoms with Crippen LogP contribution in [-0.2, 0) is 9.59 Å². The molecule has 0 aromatic heterocycles. The summed E-state index contributed by atoms with van der Waals surface area (Å²) in [4.78, 5) is 22.3. The number of hydrogen-bond donors (Lipinski definition) is 2. The molecule has 0 bridgehead atoms. The first-order valence-corrected chi connectivity index (χ1v) is 6.66. The largest absolute Gasteiger partial charge is 0.480 e. The van der Waals surface area contributed by atoms with Crippen molar-refractivity contribution in [2.75, 3.05) is 11.1 Å². The minimum atomic E-state index is -0.903. The molecular weight excluding hydrogens is 250 g/mol. The molecule has 0 spiro atoms. The van der Waals surface area contributed by atoms with Gasteiger partial charge in [0, 0.05) is 5.69 Å². The SMILES string of the molecule is Cc1ccc(C)c(NC(=O)CSC(C)C(=O)O)c1. The summed E-state index contributed by atoms with van der Waals surface area (Å²) in [6.45, 7) is 5.44. The van der Waals surface area contributed by atoms with Crippen LogP contribution in [0.3, 0.4) is 0 Å². The molecule has 2 N–H and O–H groups in total. The Kier molecular flexibility index (Phi) is 5.22. The molecule has 0 heterocycles. The van der Waals surface area contributed by atoms with Gasteiger partial charge in [-0.05, 0) is 38.0 Å². The lowest BCUT2D eigenvalue weighted by Gasteiger charge is -2.10. The minimum absolute atomic E-state index is 0.140. The lowest BCUT2D eigenvalue weighted by Crippen LogP contribution is -2.19. The molecule has 0 fully saturated rings. The van der Waals surface area contributed by atoms with E-state index >= 15 is 0 Å². The zero-order valence-corrected chi connectivity index (χ0v) is 11.5. The van der Waals surface area contributed by atoms with E-state index in [2.05, 4.69) is 5.32 Å². The van der Waals surface area contributed by atoms with E-state index in [4.69, 9.17) is 5.11 Å². The van der Waals surface area contributed by atoms with Crippen LogP contribution in [0.5, 0.6) is 0 Å². The molecule has 5 heteroatoms. The van der Waals surface area contributed by atoms with Crippen LogP contribution in [-0.4, -0.2) is 28.0 Å². The van der Waals surface area contributed by atoms with Crippen LogP contribution >= 0.6 is 11.8 Å². The molecular formula is C13H17NO3S. The van der Waals surface area contributed by atoms with Gasteiger partial charge in [0.05, 0.1) is 11.0 Å². The van der Waals surface area contributed by atoms with E-state index in [9.17, 15) is 9.59 Å². The predicted molar refractivity (Wildman–Crippen MR) is 74.1 cm³/mol. The van der Waals surface area contributed by atoms with Crippen molar-refractivity contribution in [3.63, 3.8) is 0 Å². The molecule has 0 aliphatic carbocycles. The number of anilines is 1. The predicted octanol–water partition coefficient (Wildman–Crippen LogP) is 2.45. The van der Waals surface area contributed by atoms with E-state index in [1.54, 1.807) is 6.92 Å². The van der Waals surface area contributed by atoms with Gasteiger partial charge < -0.3 is 10.4 Å². The van der Waals surface area contributed by atoms with Crippen molar-refractivity contribution < 1.29 is 14.7 Å². The maximum atomic E-state index is 11.7. The number of carboxylic acid groups (broad SMARTS) is 1. The Hall–Kier alpha value is -1.49. The molecule has 1 amide bonds. The fourth-order valence-corrected chi connectivity index (χ4v) is 1.94. The molecule has 1 unspecified atom stereocenters. The number of rotatable bonds is 5. The average molecular weight is 267 g/mol. The lowest BCUT2D eigenvalue weighted by atomic mass is 10.1. The van der Waals surface area contributed by atoms with Gasteiger partial charge in [0.25, 0.3) is 0 Å². The van der Waals surface area contributed by atoms with E-state index in [0.717, 1.165) is 28.6 Å².